The summed E-state index contributed by atoms with van der Waals surface area (Å²) in [5.74, 6) is 0.0109. The molecule has 5 nitrogen and oxygen atoms in total. The van der Waals surface area contributed by atoms with Crippen molar-refractivity contribution < 1.29 is 9.59 Å². The van der Waals surface area contributed by atoms with Crippen LogP contribution in [0.15, 0.2) is 24.3 Å². The Morgan fingerprint density at radius 1 is 1.40 bits per heavy atom. The molecule has 1 fully saturated rings. The SMILES string of the molecule is CC(N)C(=O)NCc1ccc(N2CCCC2=O)cc1.Cl. The molecule has 1 atom stereocenters. The second kappa shape index (κ2) is 7.26. The summed E-state index contributed by atoms with van der Waals surface area (Å²) in [6.45, 7) is 2.89. The number of hydrogen-bond donors (Lipinski definition) is 2. The highest BCUT2D eigenvalue weighted by atomic mass is 35.5. The number of rotatable bonds is 4. The summed E-state index contributed by atoms with van der Waals surface area (Å²) in [5.41, 5.74) is 7.38. The smallest absolute Gasteiger partial charge is 0.236 e. The van der Waals surface area contributed by atoms with Gasteiger partial charge in [-0.3, -0.25) is 9.59 Å². The van der Waals surface area contributed by atoms with Gasteiger partial charge in [-0.15, -0.1) is 12.4 Å². The average molecular weight is 298 g/mol. The first-order valence-corrected chi connectivity index (χ1v) is 6.50. The second-order valence-electron chi connectivity index (χ2n) is 4.82. The van der Waals surface area contributed by atoms with E-state index in [-0.39, 0.29) is 24.2 Å². The molecule has 1 unspecified atom stereocenters. The van der Waals surface area contributed by atoms with Crippen molar-refractivity contribution in [2.45, 2.75) is 32.4 Å². The Kier molecular flexibility index (Phi) is 5.98. The van der Waals surface area contributed by atoms with E-state index in [1.165, 1.54) is 0 Å². The van der Waals surface area contributed by atoms with Crippen molar-refractivity contribution in [3.05, 3.63) is 29.8 Å². The fourth-order valence-corrected chi connectivity index (χ4v) is 2.07. The highest BCUT2D eigenvalue weighted by Gasteiger charge is 2.21. The molecule has 6 heteroatoms. The maximum absolute atomic E-state index is 11.6. The summed E-state index contributed by atoms with van der Waals surface area (Å²) in [4.78, 5) is 24.7. The third kappa shape index (κ3) is 3.95. The summed E-state index contributed by atoms with van der Waals surface area (Å²) >= 11 is 0. The largest absolute Gasteiger partial charge is 0.351 e. The van der Waals surface area contributed by atoms with E-state index in [4.69, 9.17) is 5.73 Å². The van der Waals surface area contributed by atoms with E-state index < -0.39 is 6.04 Å². The number of amides is 2. The Bertz CT molecular complexity index is 474. The Morgan fingerprint density at radius 3 is 2.55 bits per heavy atom. The third-order valence-corrected chi connectivity index (χ3v) is 3.20. The maximum Gasteiger partial charge on any atom is 0.236 e. The fourth-order valence-electron chi connectivity index (χ4n) is 2.07. The van der Waals surface area contributed by atoms with Crippen LogP contribution < -0.4 is 16.0 Å². The molecule has 1 aromatic rings. The predicted octanol–water partition coefficient (Wildman–Crippen LogP) is 1.20. The zero-order valence-corrected chi connectivity index (χ0v) is 12.3. The first-order valence-electron chi connectivity index (χ1n) is 6.50. The van der Waals surface area contributed by atoms with E-state index in [9.17, 15) is 9.59 Å². The molecule has 0 spiro atoms. The molecule has 1 heterocycles. The molecule has 2 rings (SSSR count). The topological polar surface area (TPSA) is 75.4 Å². The Balaban J connectivity index is 0.00000200. The molecule has 110 valence electrons. The molecule has 20 heavy (non-hydrogen) atoms. The second-order valence-corrected chi connectivity index (χ2v) is 4.82. The Labute approximate surface area is 124 Å². The van der Waals surface area contributed by atoms with E-state index in [1.807, 2.05) is 24.3 Å². The van der Waals surface area contributed by atoms with Crippen LogP contribution in [0.3, 0.4) is 0 Å². The molecule has 1 aromatic carbocycles. The molecule has 3 N–H and O–H groups in total. The minimum atomic E-state index is -0.499. The van der Waals surface area contributed by atoms with Gasteiger partial charge in [-0.1, -0.05) is 12.1 Å². The highest BCUT2D eigenvalue weighted by Crippen LogP contribution is 2.21. The number of nitrogens with one attached hydrogen (secondary N) is 1. The van der Waals surface area contributed by atoms with Gasteiger partial charge >= 0.3 is 0 Å². The lowest BCUT2D eigenvalue weighted by Crippen LogP contribution is -2.37. The number of halogens is 1. The van der Waals surface area contributed by atoms with Crippen molar-refractivity contribution in [2.75, 3.05) is 11.4 Å². The molecular weight excluding hydrogens is 278 g/mol. The lowest BCUT2D eigenvalue weighted by molar-refractivity contribution is -0.122. The Morgan fingerprint density at radius 2 is 2.05 bits per heavy atom. The summed E-state index contributed by atoms with van der Waals surface area (Å²) in [7, 11) is 0. The average Bonchev–Trinajstić information content (AvgIpc) is 2.82. The summed E-state index contributed by atoms with van der Waals surface area (Å²) in [6, 6.07) is 7.17. The van der Waals surface area contributed by atoms with Crippen molar-refractivity contribution in [1.82, 2.24) is 5.32 Å². The lowest BCUT2D eigenvalue weighted by atomic mass is 10.2. The molecular formula is C14H20ClN3O2. The zero-order chi connectivity index (χ0) is 13.8. The van der Waals surface area contributed by atoms with Gasteiger partial charge in [0.25, 0.3) is 0 Å². The van der Waals surface area contributed by atoms with Crippen LogP contribution >= 0.6 is 12.4 Å². The number of nitrogens with two attached hydrogens (primary N) is 1. The molecule has 1 saturated heterocycles. The van der Waals surface area contributed by atoms with Crippen LogP contribution in [0.2, 0.25) is 0 Å². The van der Waals surface area contributed by atoms with Crippen molar-refractivity contribution >= 4 is 29.9 Å². The molecule has 1 aliphatic heterocycles. The van der Waals surface area contributed by atoms with E-state index in [0.717, 1.165) is 24.2 Å². The normalized spacial score (nSPS) is 15.7. The van der Waals surface area contributed by atoms with Gasteiger partial charge in [0.05, 0.1) is 6.04 Å². The van der Waals surface area contributed by atoms with Crippen molar-refractivity contribution in [2.24, 2.45) is 5.73 Å². The number of anilines is 1. The molecule has 1 aliphatic rings. The zero-order valence-electron chi connectivity index (χ0n) is 11.5. The van der Waals surface area contributed by atoms with E-state index in [0.29, 0.717) is 13.0 Å². The van der Waals surface area contributed by atoms with Gasteiger partial charge in [-0.2, -0.15) is 0 Å². The van der Waals surface area contributed by atoms with Crippen LogP contribution in [0.1, 0.15) is 25.3 Å². The highest BCUT2D eigenvalue weighted by molar-refractivity contribution is 5.95. The van der Waals surface area contributed by atoms with Crippen molar-refractivity contribution in [1.29, 1.82) is 0 Å². The standard InChI is InChI=1S/C14H19N3O2.ClH/c1-10(15)14(19)16-9-11-4-6-12(7-5-11)17-8-2-3-13(17)18;/h4-7,10H,2-3,8-9,15H2,1H3,(H,16,19);1H. The quantitative estimate of drug-likeness (QED) is 0.877. The molecule has 0 aromatic heterocycles. The van der Waals surface area contributed by atoms with Gasteiger partial charge in [0.15, 0.2) is 0 Å². The van der Waals surface area contributed by atoms with E-state index >= 15 is 0 Å². The molecule has 0 saturated carbocycles. The van der Waals surface area contributed by atoms with Gasteiger partial charge < -0.3 is 16.0 Å². The number of carbonyl (C=O) groups excluding carboxylic acids is 2. The van der Waals surface area contributed by atoms with Gasteiger partial charge in [0, 0.05) is 25.2 Å². The van der Waals surface area contributed by atoms with Gasteiger partial charge in [0.2, 0.25) is 11.8 Å². The molecule has 0 bridgehead atoms. The third-order valence-electron chi connectivity index (χ3n) is 3.20. The minimum Gasteiger partial charge on any atom is -0.351 e. The first kappa shape index (κ1) is 16.5. The van der Waals surface area contributed by atoms with Crippen LogP contribution in [0, 0.1) is 0 Å². The van der Waals surface area contributed by atoms with Crippen LogP contribution in [0.25, 0.3) is 0 Å². The number of nitrogens with zero attached hydrogens (tertiary/aromatic N) is 1. The summed E-state index contributed by atoms with van der Waals surface area (Å²) in [6.07, 6.45) is 1.55. The number of hydrogen-bond acceptors (Lipinski definition) is 3. The van der Waals surface area contributed by atoms with Crippen molar-refractivity contribution in [3.63, 3.8) is 0 Å². The van der Waals surface area contributed by atoms with Crippen LogP contribution in [0.5, 0.6) is 0 Å². The minimum absolute atomic E-state index is 0. The molecule has 0 radical (unpaired) electrons. The number of carbonyl (C=O) groups is 2. The van der Waals surface area contributed by atoms with Crippen LogP contribution in [-0.2, 0) is 16.1 Å². The number of benzene rings is 1. The fraction of sp³-hybridized carbons (Fsp3) is 0.429. The maximum atomic E-state index is 11.6. The van der Waals surface area contributed by atoms with Crippen LogP contribution in [0.4, 0.5) is 5.69 Å². The predicted molar refractivity (Wildman–Crippen MR) is 80.8 cm³/mol. The van der Waals surface area contributed by atoms with Crippen LogP contribution in [-0.4, -0.2) is 24.4 Å². The van der Waals surface area contributed by atoms with Gasteiger partial charge in [-0.25, -0.2) is 0 Å². The summed E-state index contributed by atoms with van der Waals surface area (Å²) in [5, 5.41) is 2.75. The van der Waals surface area contributed by atoms with Crippen molar-refractivity contribution in [3.8, 4) is 0 Å². The first-order chi connectivity index (χ1) is 9.08. The van der Waals surface area contributed by atoms with E-state index in [2.05, 4.69) is 5.32 Å². The van der Waals surface area contributed by atoms with Gasteiger partial charge in [-0.05, 0) is 31.0 Å². The summed E-state index contributed by atoms with van der Waals surface area (Å²) < 4.78 is 0. The molecule has 0 aliphatic carbocycles. The Hall–Kier alpha value is -1.59. The van der Waals surface area contributed by atoms with E-state index in [1.54, 1.807) is 11.8 Å². The monoisotopic (exact) mass is 297 g/mol. The lowest BCUT2D eigenvalue weighted by Gasteiger charge is -2.16. The van der Waals surface area contributed by atoms with Gasteiger partial charge in [0.1, 0.15) is 0 Å². The molecule has 2 amide bonds.